The number of nitrogens with one attached hydrogen (secondary N) is 1. The van der Waals surface area contributed by atoms with Crippen LogP contribution in [0, 0.1) is 0 Å². The number of anilines is 1. The second kappa shape index (κ2) is 7.68. The van der Waals surface area contributed by atoms with Crippen LogP contribution in [0.5, 0.6) is 0 Å². The minimum atomic E-state index is -0.378. The molecule has 0 aliphatic rings. The van der Waals surface area contributed by atoms with E-state index in [1.807, 2.05) is 0 Å². The van der Waals surface area contributed by atoms with Crippen LogP contribution in [-0.4, -0.2) is 37.1 Å². The first kappa shape index (κ1) is 16.9. The fourth-order valence-electron chi connectivity index (χ4n) is 1.76. The highest BCUT2D eigenvalue weighted by Gasteiger charge is 2.18. The lowest BCUT2D eigenvalue weighted by Gasteiger charge is -2.11. The molecule has 0 spiro atoms. The van der Waals surface area contributed by atoms with Crippen molar-refractivity contribution in [1.82, 2.24) is 20.2 Å². The quantitative estimate of drug-likeness (QED) is 0.475. The maximum absolute atomic E-state index is 12.2. The van der Waals surface area contributed by atoms with Crippen LogP contribution < -0.4 is 5.32 Å². The smallest absolute Gasteiger partial charge is 0.237 e. The Balaban J connectivity index is 1.98. The van der Waals surface area contributed by atoms with Crippen molar-refractivity contribution in [3.63, 3.8) is 0 Å². The molecule has 0 saturated carbocycles. The zero-order valence-electron chi connectivity index (χ0n) is 12.9. The van der Waals surface area contributed by atoms with Crippen LogP contribution in [-0.2, 0) is 11.3 Å². The second-order valence-electron chi connectivity index (χ2n) is 4.82. The lowest BCUT2D eigenvalue weighted by molar-refractivity contribution is -0.115. The number of thioether (sulfide) groups is 1. The van der Waals surface area contributed by atoms with Crippen molar-refractivity contribution in [3.05, 3.63) is 42.5 Å². The Bertz CT molecular complexity index is 711. The number of hydrogen-bond acceptors (Lipinski definition) is 6. The van der Waals surface area contributed by atoms with Crippen LogP contribution >= 0.6 is 11.8 Å². The molecule has 120 valence electrons. The predicted octanol–water partition coefficient (Wildman–Crippen LogP) is 2.18. The molecule has 0 aliphatic heterocycles. The van der Waals surface area contributed by atoms with Crippen molar-refractivity contribution < 1.29 is 9.59 Å². The van der Waals surface area contributed by atoms with Gasteiger partial charge in [-0.2, -0.15) is 0 Å². The van der Waals surface area contributed by atoms with Crippen LogP contribution in [0.25, 0.3) is 0 Å². The summed E-state index contributed by atoms with van der Waals surface area (Å²) in [5.41, 5.74) is 1.24. The van der Waals surface area contributed by atoms with Gasteiger partial charge in [-0.1, -0.05) is 17.8 Å². The molecular weight excluding hydrogens is 314 g/mol. The molecule has 23 heavy (non-hydrogen) atoms. The van der Waals surface area contributed by atoms with Crippen molar-refractivity contribution in [2.75, 3.05) is 5.32 Å². The molecule has 1 N–H and O–H groups in total. The third-order valence-corrected chi connectivity index (χ3v) is 4.08. The topological polar surface area (TPSA) is 89.8 Å². The van der Waals surface area contributed by atoms with Gasteiger partial charge in [0.25, 0.3) is 0 Å². The summed E-state index contributed by atoms with van der Waals surface area (Å²) in [5, 5.41) is 14.3. The average molecular weight is 331 g/mol. The van der Waals surface area contributed by atoms with Gasteiger partial charge in [0.2, 0.25) is 11.1 Å². The Morgan fingerprint density at radius 1 is 1.39 bits per heavy atom. The summed E-state index contributed by atoms with van der Waals surface area (Å²) >= 11 is 1.27. The summed E-state index contributed by atoms with van der Waals surface area (Å²) in [6.07, 6.45) is 1.68. The Morgan fingerprint density at radius 2 is 2.09 bits per heavy atom. The van der Waals surface area contributed by atoms with Gasteiger partial charge in [0, 0.05) is 11.3 Å². The molecule has 1 amide bonds. The van der Waals surface area contributed by atoms with Crippen LogP contribution in [0.1, 0.15) is 24.2 Å². The number of Topliss-reactive ketones (excluding diaryl/α,β-unsaturated/α-hetero) is 1. The molecule has 1 atom stereocenters. The third-order valence-electron chi connectivity index (χ3n) is 3.01. The maximum atomic E-state index is 12.2. The van der Waals surface area contributed by atoms with Gasteiger partial charge in [0.1, 0.15) is 0 Å². The van der Waals surface area contributed by atoms with Crippen LogP contribution in [0.3, 0.4) is 0 Å². The number of ketones is 1. The maximum Gasteiger partial charge on any atom is 0.237 e. The van der Waals surface area contributed by atoms with Gasteiger partial charge in [-0.05, 0) is 48.5 Å². The molecule has 0 saturated heterocycles. The molecule has 1 unspecified atom stereocenters. The molecule has 0 radical (unpaired) electrons. The molecule has 2 rings (SSSR count). The Labute approximate surface area is 138 Å². The molecular formula is C15H17N5O2S. The van der Waals surface area contributed by atoms with Gasteiger partial charge in [-0.3, -0.25) is 9.59 Å². The largest absolute Gasteiger partial charge is 0.325 e. The highest BCUT2D eigenvalue weighted by atomic mass is 32.2. The number of nitrogens with zero attached hydrogens (tertiary/aromatic N) is 4. The zero-order chi connectivity index (χ0) is 16.8. The third kappa shape index (κ3) is 4.49. The van der Waals surface area contributed by atoms with E-state index in [4.69, 9.17) is 0 Å². The van der Waals surface area contributed by atoms with Gasteiger partial charge in [0.15, 0.2) is 5.78 Å². The summed E-state index contributed by atoms with van der Waals surface area (Å²) in [5.74, 6) is -0.181. The van der Waals surface area contributed by atoms with Crippen molar-refractivity contribution in [1.29, 1.82) is 0 Å². The highest BCUT2D eigenvalue weighted by Crippen LogP contribution is 2.21. The number of carbonyl (C=O) groups is 2. The fraction of sp³-hybridized carbons (Fsp3) is 0.267. The minimum Gasteiger partial charge on any atom is -0.325 e. The summed E-state index contributed by atoms with van der Waals surface area (Å²) < 4.78 is 1.57. The monoisotopic (exact) mass is 331 g/mol. The fourth-order valence-corrected chi connectivity index (χ4v) is 2.56. The van der Waals surface area contributed by atoms with Gasteiger partial charge in [-0.15, -0.1) is 11.7 Å². The average Bonchev–Trinajstić information content (AvgIpc) is 2.95. The van der Waals surface area contributed by atoms with E-state index in [2.05, 4.69) is 27.4 Å². The second-order valence-corrected chi connectivity index (χ2v) is 6.12. The van der Waals surface area contributed by atoms with E-state index < -0.39 is 0 Å². The molecule has 1 aromatic carbocycles. The lowest BCUT2D eigenvalue weighted by atomic mass is 10.1. The van der Waals surface area contributed by atoms with Crippen molar-refractivity contribution in [3.8, 4) is 0 Å². The SMILES string of the molecule is C=CCn1nnnc1SC(C)C(=O)Nc1ccc(C(C)=O)cc1. The Hall–Kier alpha value is -2.48. The molecule has 0 bridgehead atoms. The van der Waals surface area contributed by atoms with E-state index in [0.717, 1.165) is 0 Å². The van der Waals surface area contributed by atoms with Crippen molar-refractivity contribution in [2.24, 2.45) is 0 Å². The molecule has 1 heterocycles. The standard InChI is InChI=1S/C15H17N5O2S/c1-4-9-20-15(17-18-19-20)23-11(3)14(22)16-13-7-5-12(6-8-13)10(2)21/h4-8,11H,1,9H2,2-3H3,(H,16,22). The first-order chi connectivity index (χ1) is 11.0. The molecule has 1 aromatic heterocycles. The minimum absolute atomic E-state index is 0.0131. The van der Waals surface area contributed by atoms with Crippen LogP contribution in [0.2, 0.25) is 0 Å². The predicted molar refractivity (Wildman–Crippen MR) is 88.4 cm³/mol. The summed E-state index contributed by atoms with van der Waals surface area (Å²) in [6, 6.07) is 6.77. The molecule has 8 heteroatoms. The van der Waals surface area contributed by atoms with Gasteiger partial charge >= 0.3 is 0 Å². The Morgan fingerprint density at radius 3 is 2.70 bits per heavy atom. The number of aromatic nitrogens is 4. The van der Waals surface area contributed by atoms with Gasteiger partial charge < -0.3 is 5.32 Å². The lowest BCUT2D eigenvalue weighted by Crippen LogP contribution is -2.23. The molecule has 2 aromatic rings. The van der Waals surface area contributed by atoms with Crippen molar-refractivity contribution in [2.45, 2.75) is 30.8 Å². The van der Waals surface area contributed by atoms with Crippen LogP contribution in [0.15, 0.2) is 42.1 Å². The highest BCUT2D eigenvalue weighted by molar-refractivity contribution is 8.00. The first-order valence-corrected chi connectivity index (χ1v) is 7.85. The number of tetrazole rings is 1. The van der Waals surface area contributed by atoms with E-state index >= 15 is 0 Å². The van der Waals surface area contributed by atoms with Crippen molar-refractivity contribution >= 4 is 29.1 Å². The van der Waals surface area contributed by atoms with Gasteiger partial charge in [0.05, 0.1) is 11.8 Å². The number of amides is 1. The van der Waals surface area contributed by atoms with E-state index in [-0.39, 0.29) is 16.9 Å². The summed E-state index contributed by atoms with van der Waals surface area (Å²) in [7, 11) is 0. The van der Waals surface area contributed by atoms with E-state index in [0.29, 0.717) is 23.0 Å². The first-order valence-electron chi connectivity index (χ1n) is 6.97. The number of rotatable bonds is 7. The van der Waals surface area contributed by atoms with E-state index in [1.54, 1.807) is 41.9 Å². The van der Waals surface area contributed by atoms with E-state index in [1.165, 1.54) is 18.7 Å². The number of allylic oxidation sites excluding steroid dienone is 1. The molecule has 0 aliphatic carbocycles. The van der Waals surface area contributed by atoms with Crippen LogP contribution in [0.4, 0.5) is 5.69 Å². The zero-order valence-corrected chi connectivity index (χ0v) is 13.7. The summed E-state index contributed by atoms with van der Waals surface area (Å²) in [4.78, 5) is 23.5. The van der Waals surface area contributed by atoms with Gasteiger partial charge in [-0.25, -0.2) is 4.68 Å². The normalized spacial score (nSPS) is 11.7. The Kier molecular flexibility index (Phi) is 5.64. The number of carbonyl (C=O) groups excluding carboxylic acids is 2. The molecule has 0 fully saturated rings. The number of hydrogen-bond donors (Lipinski definition) is 1. The van der Waals surface area contributed by atoms with E-state index in [9.17, 15) is 9.59 Å². The number of benzene rings is 1. The summed E-state index contributed by atoms with van der Waals surface area (Å²) in [6.45, 7) is 7.39. The molecule has 7 nitrogen and oxygen atoms in total.